The monoisotopic (exact) mass is 183 g/mol. The smallest absolute Gasteiger partial charge is 0.163 e. The topological polar surface area (TPSA) is 26.0 Å². The standard InChI is InChI=1S/C10H11F2N/c1-6-4-7(10(13)2-3-10)9(12)8(11)5-6/h4-5H,2-3,13H2,1H3. The van der Waals surface area contributed by atoms with Crippen LogP contribution in [0.2, 0.25) is 0 Å². The molecule has 1 fully saturated rings. The second-order valence-electron chi connectivity index (χ2n) is 3.76. The third-order valence-corrected chi connectivity index (χ3v) is 2.50. The highest BCUT2D eigenvalue weighted by Gasteiger charge is 2.42. The van der Waals surface area contributed by atoms with E-state index in [2.05, 4.69) is 0 Å². The summed E-state index contributed by atoms with van der Waals surface area (Å²) in [4.78, 5) is 0. The summed E-state index contributed by atoms with van der Waals surface area (Å²) < 4.78 is 26.2. The molecule has 0 bridgehead atoms. The number of benzene rings is 1. The first-order valence-corrected chi connectivity index (χ1v) is 4.28. The third kappa shape index (κ3) is 1.33. The van der Waals surface area contributed by atoms with E-state index >= 15 is 0 Å². The summed E-state index contributed by atoms with van der Waals surface area (Å²) in [5, 5.41) is 0. The third-order valence-electron chi connectivity index (χ3n) is 2.50. The lowest BCUT2D eigenvalue weighted by Gasteiger charge is -2.11. The highest BCUT2D eigenvalue weighted by atomic mass is 19.2. The molecule has 1 nitrogen and oxygen atoms in total. The van der Waals surface area contributed by atoms with Gasteiger partial charge in [-0.3, -0.25) is 0 Å². The van der Waals surface area contributed by atoms with Crippen molar-refractivity contribution in [2.24, 2.45) is 5.73 Å². The van der Waals surface area contributed by atoms with Crippen molar-refractivity contribution >= 4 is 0 Å². The molecule has 0 aromatic heterocycles. The zero-order chi connectivity index (χ0) is 9.64. The lowest BCUT2D eigenvalue weighted by molar-refractivity contribution is 0.485. The molecule has 13 heavy (non-hydrogen) atoms. The van der Waals surface area contributed by atoms with E-state index in [1.807, 2.05) is 0 Å². The van der Waals surface area contributed by atoms with Crippen LogP contribution in [0, 0.1) is 18.6 Å². The van der Waals surface area contributed by atoms with Crippen molar-refractivity contribution in [3.8, 4) is 0 Å². The number of nitrogens with two attached hydrogens (primary N) is 1. The maximum Gasteiger partial charge on any atom is 0.163 e. The Morgan fingerprint density at radius 3 is 2.46 bits per heavy atom. The molecule has 0 aliphatic heterocycles. The highest BCUT2D eigenvalue weighted by Crippen LogP contribution is 2.44. The molecule has 0 unspecified atom stereocenters. The van der Waals surface area contributed by atoms with Crippen molar-refractivity contribution in [2.45, 2.75) is 25.3 Å². The van der Waals surface area contributed by atoms with E-state index in [0.29, 0.717) is 11.1 Å². The van der Waals surface area contributed by atoms with Gasteiger partial charge in [-0.15, -0.1) is 0 Å². The van der Waals surface area contributed by atoms with E-state index in [1.165, 1.54) is 6.07 Å². The average Bonchev–Trinajstić information content (AvgIpc) is 2.77. The molecule has 3 heteroatoms. The van der Waals surface area contributed by atoms with Crippen LogP contribution in [-0.2, 0) is 5.54 Å². The summed E-state index contributed by atoms with van der Waals surface area (Å²) in [5.41, 5.74) is 6.24. The van der Waals surface area contributed by atoms with Gasteiger partial charge in [-0.05, 0) is 31.4 Å². The highest BCUT2D eigenvalue weighted by molar-refractivity contribution is 5.34. The second-order valence-corrected chi connectivity index (χ2v) is 3.76. The van der Waals surface area contributed by atoms with Crippen LogP contribution < -0.4 is 5.73 Å². The second kappa shape index (κ2) is 2.51. The van der Waals surface area contributed by atoms with Gasteiger partial charge in [0.1, 0.15) is 0 Å². The first kappa shape index (κ1) is 8.63. The fraction of sp³-hybridized carbons (Fsp3) is 0.400. The van der Waals surface area contributed by atoms with E-state index in [9.17, 15) is 8.78 Å². The maximum absolute atomic E-state index is 13.3. The fourth-order valence-corrected chi connectivity index (χ4v) is 1.49. The van der Waals surface area contributed by atoms with Crippen LogP contribution in [0.5, 0.6) is 0 Å². The van der Waals surface area contributed by atoms with Gasteiger partial charge < -0.3 is 5.73 Å². The first-order chi connectivity index (χ1) is 6.03. The molecule has 70 valence electrons. The van der Waals surface area contributed by atoms with Crippen LogP contribution in [0.4, 0.5) is 8.78 Å². The molecule has 1 saturated carbocycles. The van der Waals surface area contributed by atoms with E-state index in [-0.39, 0.29) is 0 Å². The van der Waals surface area contributed by atoms with Crippen molar-refractivity contribution in [3.05, 3.63) is 34.9 Å². The van der Waals surface area contributed by atoms with Crippen molar-refractivity contribution in [1.82, 2.24) is 0 Å². The lowest BCUT2D eigenvalue weighted by Crippen LogP contribution is -2.21. The largest absolute Gasteiger partial charge is 0.321 e. The Bertz CT molecular complexity index is 356. The molecule has 0 amide bonds. The number of hydrogen-bond donors (Lipinski definition) is 1. The molecule has 2 rings (SSSR count). The summed E-state index contributed by atoms with van der Waals surface area (Å²) in [6.45, 7) is 1.73. The molecule has 0 radical (unpaired) electrons. The van der Waals surface area contributed by atoms with Crippen molar-refractivity contribution in [1.29, 1.82) is 0 Å². The Morgan fingerprint density at radius 1 is 1.31 bits per heavy atom. The SMILES string of the molecule is Cc1cc(F)c(F)c(C2(N)CC2)c1. The first-order valence-electron chi connectivity index (χ1n) is 4.28. The molecule has 0 atom stereocenters. The normalized spacial score (nSPS) is 18.8. The van der Waals surface area contributed by atoms with Gasteiger partial charge in [0, 0.05) is 11.1 Å². The summed E-state index contributed by atoms with van der Waals surface area (Å²) in [6, 6.07) is 2.82. The summed E-state index contributed by atoms with van der Waals surface area (Å²) >= 11 is 0. The van der Waals surface area contributed by atoms with Crippen molar-refractivity contribution in [3.63, 3.8) is 0 Å². The van der Waals surface area contributed by atoms with Crippen LogP contribution >= 0.6 is 0 Å². The Kier molecular flexibility index (Phi) is 1.67. The molecular formula is C10H11F2N. The van der Waals surface area contributed by atoms with Gasteiger partial charge in [-0.25, -0.2) is 8.78 Å². The molecule has 0 heterocycles. The van der Waals surface area contributed by atoms with E-state index in [1.54, 1.807) is 13.0 Å². The molecule has 1 aromatic rings. The molecule has 0 saturated heterocycles. The van der Waals surface area contributed by atoms with Gasteiger partial charge in [0.25, 0.3) is 0 Å². The predicted molar refractivity (Wildman–Crippen MR) is 46.2 cm³/mol. The minimum Gasteiger partial charge on any atom is -0.321 e. The Balaban J connectivity index is 2.56. The quantitative estimate of drug-likeness (QED) is 0.709. The van der Waals surface area contributed by atoms with E-state index in [0.717, 1.165) is 12.8 Å². The maximum atomic E-state index is 13.3. The summed E-state index contributed by atoms with van der Waals surface area (Å²) in [7, 11) is 0. The number of rotatable bonds is 1. The molecule has 1 aromatic carbocycles. The molecule has 2 N–H and O–H groups in total. The molecule has 0 spiro atoms. The summed E-state index contributed by atoms with van der Waals surface area (Å²) in [5.74, 6) is -1.59. The Labute approximate surface area is 75.6 Å². The minimum absolute atomic E-state index is 0.324. The van der Waals surface area contributed by atoms with Crippen LogP contribution in [0.3, 0.4) is 0 Å². The molecule has 1 aliphatic carbocycles. The zero-order valence-corrected chi connectivity index (χ0v) is 7.40. The Morgan fingerprint density at radius 2 is 1.92 bits per heavy atom. The van der Waals surface area contributed by atoms with E-state index in [4.69, 9.17) is 5.73 Å². The Hall–Kier alpha value is -0.960. The number of halogens is 2. The number of hydrogen-bond acceptors (Lipinski definition) is 1. The van der Waals surface area contributed by atoms with Gasteiger partial charge in [-0.1, -0.05) is 6.07 Å². The van der Waals surface area contributed by atoms with Crippen LogP contribution in [-0.4, -0.2) is 0 Å². The predicted octanol–water partition coefficient (Wildman–Crippen LogP) is 2.22. The van der Waals surface area contributed by atoms with Gasteiger partial charge in [0.05, 0.1) is 0 Å². The van der Waals surface area contributed by atoms with Crippen molar-refractivity contribution < 1.29 is 8.78 Å². The number of aryl methyl sites for hydroxylation is 1. The van der Waals surface area contributed by atoms with Gasteiger partial charge in [0.15, 0.2) is 11.6 Å². The average molecular weight is 183 g/mol. The van der Waals surface area contributed by atoms with Crippen LogP contribution in [0.1, 0.15) is 24.0 Å². The zero-order valence-electron chi connectivity index (χ0n) is 7.40. The van der Waals surface area contributed by atoms with Gasteiger partial charge in [-0.2, -0.15) is 0 Å². The minimum atomic E-state index is -0.799. The van der Waals surface area contributed by atoms with Crippen LogP contribution in [0.25, 0.3) is 0 Å². The van der Waals surface area contributed by atoms with Crippen molar-refractivity contribution in [2.75, 3.05) is 0 Å². The molecular weight excluding hydrogens is 172 g/mol. The fourth-order valence-electron chi connectivity index (χ4n) is 1.49. The lowest BCUT2D eigenvalue weighted by atomic mass is 10.0. The van der Waals surface area contributed by atoms with Crippen LogP contribution in [0.15, 0.2) is 12.1 Å². The summed E-state index contributed by atoms with van der Waals surface area (Å²) in [6.07, 6.45) is 1.49. The van der Waals surface area contributed by atoms with E-state index < -0.39 is 17.2 Å². The molecule has 1 aliphatic rings. The van der Waals surface area contributed by atoms with Gasteiger partial charge in [0.2, 0.25) is 0 Å². The van der Waals surface area contributed by atoms with Gasteiger partial charge >= 0.3 is 0 Å².